The van der Waals surface area contributed by atoms with Crippen molar-refractivity contribution in [1.29, 1.82) is 0 Å². The molecule has 5 aromatic rings. The van der Waals surface area contributed by atoms with Crippen LogP contribution in [-0.2, 0) is 0 Å². The lowest BCUT2D eigenvalue weighted by Gasteiger charge is -2.06. The number of carbonyl (C=O) groups is 2. The highest BCUT2D eigenvalue weighted by Crippen LogP contribution is 2.20. The number of hydrogen-bond donors (Lipinski definition) is 2. The number of nitrogens with one attached hydrogen (secondary N) is 2. The van der Waals surface area contributed by atoms with E-state index in [1.54, 1.807) is 0 Å². The van der Waals surface area contributed by atoms with Gasteiger partial charge in [0.2, 0.25) is 0 Å². The minimum atomic E-state index is -0.561. The van der Waals surface area contributed by atoms with Gasteiger partial charge in [-0.05, 0) is 47.5 Å². The number of nitrogens with zero attached hydrogens (tertiary/aromatic N) is 2. The maximum absolute atomic E-state index is 12.6. The Labute approximate surface area is 213 Å². The maximum Gasteiger partial charge on any atom is 0.307 e. The molecule has 0 aliphatic rings. The number of hydrazone groups is 2. The Morgan fingerprint density at radius 3 is 1.43 bits per heavy atom. The first kappa shape index (κ1) is 23.7. The molecular weight excluding hydrogens is 464 g/mol. The average molecular weight is 489 g/mol. The lowest BCUT2D eigenvalue weighted by molar-refractivity contribution is 0.0902. The molecular formula is C30H24N4O3. The monoisotopic (exact) mass is 488 g/mol. The summed E-state index contributed by atoms with van der Waals surface area (Å²) >= 11 is 0. The molecule has 0 aliphatic carbocycles. The van der Waals surface area contributed by atoms with Crippen molar-refractivity contribution in [3.8, 4) is 0 Å². The summed E-state index contributed by atoms with van der Waals surface area (Å²) in [5.41, 5.74) is 8.12. The van der Waals surface area contributed by atoms with Gasteiger partial charge in [0.15, 0.2) is 11.5 Å². The third-order valence-electron chi connectivity index (χ3n) is 6.06. The van der Waals surface area contributed by atoms with Crippen LogP contribution in [0.25, 0.3) is 21.5 Å². The van der Waals surface area contributed by atoms with Gasteiger partial charge in [0.1, 0.15) is 0 Å². The van der Waals surface area contributed by atoms with Gasteiger partial charge in [0, 0.05) is 11.1 Å². The zero-order valence-corrected chi connectivity index (χ0v) is 20.4. The molecule has 0 bridgehead atoms. The highest BCUT2D eigenvalue weighted by molar-refractivity contribution is 6.11. The van der Waals surface area contributed by atoms with Crippen LogP contribution < -0.4 is 10.9 Å². The lowest BCUT2D eigenvalue weighted by atomic mass is 10.0. The van der Waals surface area contributed by atoms with Crippen LogP contribution in [0.3, 0.4) is 0 Å². The van der Waals surface area contributed by atoms with Crippen molar-refractivity contribution in [1.82, 2.24) is 10.9 Å². The Morgan fingerprint density at radius 2 is 0.973 bits per heavy atom. The third-order valence-corrected chi connectivity index (χ3v) is 6.06. The topological polar surface area (TPSA) is 96.1 Å². The van der Waals surface area contributed by atoms with E-state index in [0.29, 0.717) is 11.4 Å². The molecule has 0 saturated heterocycles. The molecule has 7 heteroatoms. The van der Waals surface area contributed by atoms with Gasteiger partial charge >= 0.3 is 11.8 Å². The second-order valence-electron chi connectivity index (χ2n) is 8.49. The van der Waals surface area contributed by atoms with E-state index in [2.05, 4.69) is 21.1 Å². The van der Waals surface area contributed by atoms with Crippen LogP contribution in [0.15, 0.2) is 112 Å². The Kier molecular flexibility index (Phi) is 6.59. The number of hydrogen-bond acceptors (Lipinski definition) is 5. The number of amides is 2. The molecule has 1 aromatic heterocycles. The van der Waals surface area contributed by atoms with E-state index in [1.807, 2.05) is 98.8 Å². The van der Waals surface area contributed by atoms with Crippen LogP contribution in [0.2, 0.25) is 0 Å². The summed E-state index contributed by atoms with van der Waals surface area (Å²) in [6, 6.07) is 30.6. The molecule has 0 unspecified atom stereocenters. The van der Waals surface area contributed by atoms with Gasteiger partial charge < -0.3 is 4.42 Å². The highest BCUT2D eigenvalue weighted by Gasteiger charge is 2.16. The second kappa shape index (κ2) is 10.3. The Morgan fingerprint density at radius 1 is 0.568 bits per heavy atom. The van der Waals surface area contributed by atoms with Crippen LogP contribution in [0.5, 0.6) is 0 Å². The second-order valence-corrected chi connectivity index (χ2v) is 8.49. The van der Waals surface area contributed by atoms with Gasteiger partial charge in [-0.2, -0.15) is 10.2 Å². The first-order chi connectivity index (χ1) is 18.0. The molecule has 37 heavy (non-hydrogen) atoms. The molecule has 2 N–H and O–H groups in total. The van der Waals surface area contributed by atoms with E-state index in [0.717, 1.165) is 32.7 Å². The summed E-state index contributed by atoms with van der Waals surface area (Å²) in [4.78, 5) is 25.2. The van der Waals surface area contributed by atoms with Crippen molar-refractivity contribution in [3.05, 3.63) is 120 Å². The van der Waals surface area contributed by atoms with E-state index in [4.69, 9.17) is 4.42 Å². The van der Waals surface area contributed by atoms with Crippen LogP contribution in [0.1, 0.15) is 46.1 Å². The molecule has 0 fully saturated rings. The number of benzene rings is 4. The van der Waals surface area contributed by atoms with Crippen molar-refractivity contribution >= 4 is 44.8 Å². The Hall–Kier alpha value is -5.04. The molecule has 2 amide bonds. The van der Waals surface area contributed by atoms with E-state index >= 15 is 0 Å². The average Bonchev–Trinajstić information content (AvgIpc) is 3.44. The predicted octanol–water partition coefficient (Wildman–Crippen LogP) is 5.89. The largest absolute Gasteiger partial charge is 0.446 e. The minimum Gasteiger partial charge on any atom is -0.446 e. The number of fused-ring (bicyclic) bond motifs is 2. The van der Waals surface area contributed by atoms with E-state index < -0.39 is 11.8 Å². The fraction of sp³-hybridized carbons (Fsp3) is 0.0667. The molecule has 4 aromatic carbocycles. The first-order valence-corrected chi connectivity index (χ1v) is 11.8. The van der Waals surface area contributed by atoms with Gasteiger partial charge in [-0.25, -0.2) is 10.9 Å². The smallest absolute Gasteiger partial charge is 0.307 e. The van der Waals surface area contributed by atoms with Crippen LogP contribution in [0, 0.1) is 0 Å². The standard InChI is InChI=1S/C30H24N4O3/c1-19(23-15-7-11-21-9-3-5-13-25(21)23)31-33-29(35)27-17-18-28(37-27)30(36)34-32-20(2)24-16-8-12-22-10-4-6-14-26(22)24/h3-18H,1-2H3,(H,33,35)(H,34,36). The van der Waals surface area contributed by atoms with Crippen LogP contribution >= 0.6 is 0 Å². The molecule has 7 nitrogen and oxygen atoms in total. The summed E-state index contributed by atoms with van der Waals surface area (Å²) in [6.07, 6.45) is 0. The molecule has 0 radical (unpaired) electrons. The molecule has 182 valence electrons. The fourth-order valence-electron chi connectivity index (χ4n) is 4.16. The van der Waals surface area contributed by atoms with E-state index in [9.17, 15) is 9.59 Å². The zero-order valence-electron chi connectivity index (χ0n) is 20.4. The van der Waals surface area contributed by atoms with Gasteiger partial charge in [-0.1, -0.05) is 84.9 Å². The van der Waals surface area contributed by atoms with Crippen molar-refractivity contribution in [3.63, 3.8) is 0 Å². The summed E-state index contributed by atoms with van der Waals surface area (Å²) in [6.45, 7) is 3.64. The Balaban J connectivity index is 1.26. The van der Waals surface area contributed by atoms with Crippen molar-refractivity contribution in [2.24, 2.45) is 10.2 Å². The van der Waals surface area contributed by atoms with Gasteiger partial charge in [0.05, 0.1) is 11.4 Å². The predicted molar refractivity (Wildman–Crippen MR) is 146 cm³/mol. The molecule has 1 heterocycles. The minimum absolute atomic E-state index is 0.0330. The summed E-state index contributed by atoms with van der Waals surface area (Å²) in [5.74, 6) is -1.19. The fourth-order valence-corrected chi connectivity index (χ4v) is 4.16. The number of furan rings is 1. The zero-order chi connectivity index (χ0) is 25.8. The first-order valence-electron chi connectivity index (χ1n) is 11.8. The summed E-state index contributed by atoms with van der Waals surface area (Å²) < 4.78 is 5.46. The normalized spacial score (nSPS) is 12.1. The van der Waals surface area contributed by atoms with Crippen LogP contribution in [-0.4, -0.2) is 23.2 Å². The summed E-state index contributed by atoms with van der Waals surface area (Å²) in [7, 11) is 0. The lowest BCUT2D eigenvalue weighted by Crippen LogP contribution is -2.20. The molecule has 0 atom stereocenters. The van der Waals surface area contributed by atoms with Crippen molar-refractivity contribution < 1.29 is 14.0 Å². The molecule has 0 saturated carbocycles. The quantitative estimate of drug-likeness (QED) is 0.230. The van der Waals surface area contributed by atoms with Crippen LogP contribution in [0.4, 0.5) is 0 Å². The third kappa shape index (κ3) is 5.01. The molecule has 0 spiro atoms. The van der Waals surface area contributed by atoms with E-state index in [-0.39, 0.29) is 11.5 Å². The Bertz CT molecular complexity index is 1560. The SMILES string of the molecule is CC(=NNC(=O)c1ccc(C(=O)NN=C(C)c2cccc3ccccc23)o1)c1cccc2ccccc12. The summed E-state index contributed by atoms with van der Waals surface area (Å²) in [5, 5.41) is 12.7. The molecule has 0 aliphatic heterocycles. The van der Waals surface area contributed by atoms with E-state index in [1.165, 1.54) is 12.1 Å². The van der Waals surface area contributed by atoms with Gasteiger partial charge in [-0.15, -0.1) is 0 Å². The highest BCUT2D eigenvalue weighted by atomic mass is 16.4. The van der Waals surface area contributed by atoms with Crippen molar-refractivity contribution in [2.75, 3.05) is 0 Å². The van der Waals surface area contributed by atoms with Gasteiger partial charge in [0.25, 0.3) is 0 Å². The number of carbonyl (C=O) groups excluding carboxylic acids is 2. The van der Waals surface area contributed by atoms with Crippen molar-refractivity contribution in [2.45, 2.75) is 13.8 Å². The number of rotatable bonds is 6. The maximum atomic E-state index is 12.6. The molecule has 5 rings (SSSR count). The van der Waals surface area contributed by atoms with Gasteiger partial charge in [-0.3, -0.25) is 9.59 Å².